The van der Waals surface area contributed by atoms with Gasteiger partial charge in [0.05, 0.1) is 16.4 Å². The standard InChI is InChI=1S/C45H27NS/c1-2-13-30-27-31(23-21-28(30)11-1)46-42-32-14-4-3-12-29(32)22-24-35(42)36-25-26-40-44(43(36)46)47-41-20-10-9-19-39(41)45(40)37-17-7-5-15-33(37)34-16-6-8-18-38(34)45/h1-27H. The number of rotatable bonds is 1. The highest BCUT2D eigenvalue weighted by molar-refractivity contribution is 7.99. The topological polar surface area (TPSA) is 4.93 Å². The van der Waals surface area contributed by atoms with Gasteiger partial charge in [-0.05, 0) is 67.7 Å². The number of fused-ring (bicyclic) bond motifs is 16. The van der Waals surface area contributed by atoms with Crippen LogP contribution in [0.15, 0.2) is 174 Å². The predicted octanol–water partition coefficient (Wildman–Crippen LogP) is 11.9. The summed E-state index contributed by atoms with van der Waals surface area (Å²) in [5.74, 6) is 0. The summed E-state index contributed by atoms with van der Waals surface area (Å²) in [6, 6.07) is 61.2. The predicted molar refractivity (Wildman–Crippen MR) is 197 cm³/mol. The maximum Gasteiger partial charge on any atom is 0.0736 e. The van der Waals surface area contributed by atoms with E-state index < -0.39 is 5.41 Å². The highest BCUT2D eigenvalue weighted by atomic mass is 32.2. The van der Waals surface area contributed by atoms with Crippen molar-refractivity contribution in [2.24, 2.45) is 0 Å². The van der Waals surface area contributed by atoms with Crippen LogP contribution < -0.4 is 0 Å². The zero-order valence-electron chi connectivity index (χ0n) is 25.4. The second-order valence-electron chi connectivity index (χ2n) is 12.8. The molecule has 0 saturated carbocycles. The SMILES string of the molecule is c1ccc2c(c1)Sc1c(ccc3c4ccc5ccccc5c4n(-c4ccc5ccccc5c4)c13)C21c2ccccc2-c2ccccc21. The summed E-state index contributed by atoms with van der Waals surface area (Å²) in [5, 5.41) is 7.61. The lowest BCUT2D eigenvalue weighted by molar-refractivity contribution is 0.724. The van der Waals surface area contributed by atoms with Crippen LogP contribution in [0.3, 0.4) is 0 Å². The normalized spacial score (nSPS) is 14.0. The summed E-state index contributed by atoms with van der Waals surface area (Å²) in [6.45, 7) is 0. The number of aromatic nitrogens is 1. The van der Waals surface area contributed by atoms with Crippen LogP contribution in [-0.2, 0) is 5.41 Å². The molecule has 1 aliphatic carbocycles. The lowest BCUT2D eigenvalue weighted by atomic mass is 9.67. The lowest BCUT2D eigenvalue weighted by Gasteiger charge is -2.40. The fourth-order valence-corrected chi connectivity index (χ4v) is 10.1. The third-order valence-electron chi connectivity index (χ3n) is 10.6. The van der Waals surface area contributed by atoms with Crippen molar-refractivity contribution in [1.29, 1.82) is 0 Å². The minimum absolute atomic E-state index is 0.411. The van der Waals surface area contributed by atoms with Gasteiger partial charge in [-0.1, -0.05) is 157 Å². The molecule has 0 unspecified atom stereocenters. The van der Waals surface area contributed by atoms with E-state index in [4.69, 9.17) is 0 Å². The highest BCUT2D eigenvalue weighted by Crippen LogP contribution is 2.63. The van der Waals surface area contributed by atoms with Gasteiger partial charge in [-0.25, -0.2) is 0 Å². The molecule has 0 bridgehead atoms. The Balaban J connectivity index is 1.36. The largest absolute Gasteiger partial charge is 0.307 e. The molecule has 1 nitrogen and oxygen atoms in total. The van der Waals surface area contributed by atoms with Crippen LogP contribution >= 0.6 is 11.8 Å². The Kier molecular flexibility index (Phi) is 5.04. The molecule has 0 radical (unpaired) electrons. The average Bonchev–Trinajstić information content (AvgIpc) is 3.63. The molecule has 47 heavy (non-hydrogen) atoms. The molecule has 0 saturated heterocycles. The first-order chi connectivity index (χ1) is 23.3. The fourth-order valence-electron chi connectivity index (χ4n) is 8.74. The Hall–Kier alpha value is -5.57. The van der Waals surface area contributed by atoms with Crippen molar-refractivity contribution in [3.63, 3.8) is 0 Å². The third-order valence-corrected chi connectivity index (χ3v) is 11.8. The van der Waals surface area contributed by atoms with Gasteiger partial charge in [-0.3, -0.25) is 0 Å². The van der Waals surface area contributed by atoms with Gasteiger partial charge in [-0.2, -0.15) is 0 Å². The summed E-state index contributed by atoms with van der Waals surface area (Å²) in [6.07, 6.45) is 0. The minimum atomic E-state index is -0.411. The third kappa shape index (κ3) is 3.21. The molecule has 0 N–H and O–H groups in total. The molecule has 218 valence electrons. The van der Waals surface area contributed by atoms with E-state index in [1.807, 2.05) is 11.8 Å². The van der Waals surface area contributed by atoms with Crippen molar-refractivity contribution in [1.82, 2.24) is 4.57 Å². The van der Waals surface area contributed by atoms with Crippen molar-refractivity contribution in [2.45, 2.75) is 15.2 Å². The van der Waals surface area contributed by atoms with Gasteiger partial charge in [0.2, 0.25) is 0 Å². The molecule has 11 rings (SSSR count). The number of hydrogen-bond donors (Lipinski definition) is 0. The molecule has 8 aromatic carbocycles. The van der Waals surface area contributed by atoms with Crippen LogP contribution in [-0.4, -0.2) is 4.57 Å². The van der Waals surface area contributed by atoms with Crippen molar-refractivity contribution < 1.29 is 0 Å². The average molecular weight is 614 g/mol. The van der Waals surface area contributed by atoms with E-state index >= 15 is 0 Å². The monoisotopic (exact) mass is 613 g/mol. The summed E-state index contributed by atoms with van der Waals surface area (Å²) in [4.78, 5) is 2.65. The molecular weight excluding hydrogens is 587 g/mol. The summed E-state index contributed by atoms with van der Waals surface area (Å²) < 4.78 is 2.57. The number of hydrogen-bond acceptors (Lipinski definition) is 1. The van der Waals surface area contributed by atoms with Gasteiger partial charge in [-0.15, -0.1) is 0 Å². The first-order valence-corrected chi connectivity index (χ1v) is 17.1. The maximum atomic E-state index is 2.57. The fraction of sp³-hybridized carbons (Fsp3) is 0.0222. The van der Waals surface area contributed by atoms with Crippen LogP contribution in [0.4, 0.5) is 0 Å². The number of nitrogens with zero attached hydrogens (tertiary/aromatic N) is 1. The molecule has 2 aliphatic rings. The van der Waals surface area contributed by atoms with Crippen molar-refractivity contribution >= 4 is 55.1 Å². The van der Waals surface area contributed by atoms with E-state index in [2.05, 4.69) is 168 Å². The van der Waals surface area contributed by atoms with Gasteiger partial charge in [0, 0.05) is 31.6 Å². The van der Waals surface area contributed by atoms with E-state index in [9.17, 15) is 0 Å². The van der Waals surface area contributed by atoms with Crippen LogP contribution in [0.1, 0.15) is 22.3 Å². The zero-order valence-corrected chi connectivity index (χ0v) is 26.3. The van der Waals surface area contributed by atoms with E-state index in [-0.39, 0.29) is 0 Å². The highest BCUT2D eigenvalue weighted by Gasteiger charge is 2.50. The van der Waals surface area contributed by atoms with Crippen LogP contribution in [0.25, 0.3) is 60.2 Å². The smallest absolute Gasteiger partial charge is 0.0736 e. The molecule has 1 spiro atoms. The Morgan fingerprint density at radius 1 is 0.404 bits per heavy atom. The summed E-state index contributed by atoms with van der Waals surface area (Å²) in [5.41, 5.74) is 11.5. The second kappa shape index (κ2) is 9.25. The van der Waals surface area contributed by atoms with Gasteiger partial charge in [0.25, 0.3) is 0 Å². The molecule has 2 heterocycles. The Morgan fingerprint density at radius 3 is 1.81 bits per heavy atom. The molecule has 0 fully saturated rings. The Labute approximate surface area is 276 Å². The molecule has 1 aromatic heterocycles. The van der Waals surface area contributed by atoms with Gasteiger partial charge < -0.3 is 4.57 Å². The number of benzene rings is 8. The first kappa shape index (κ1) is 25.6. The van der Waals surface area contributed by atoms with Gasteiger partial charge in [0.15, 0.2) is 0 Å². The van der Waals surface area contributed by atoms with Crippen molar-refractivity contribution in [3.8, 4) is 16.8 Å². The molecule has 1 aliphatic heterocycles. The molecule has 9 aromatic rings. The molecule has 2 heteroatoms. The second-order valence-corrected chi connectivity index (χ2v) is 13.9. The minimum Gasteiger partial charge on any atom is -0.307 e. The molecular formula is C45H27NS. The molecule has 0 atom stereocenters. The zero-order chi connectivity index (χ0) is 30.7. The first-order valence-electron chi connectivity index (χ1n) is 16.3. The van der Waals surface area contributed by atoms with Gasteiger partial charge >= 0.3 is 0 Å². The van der Waals surface area contributed by atoms with E-state index in [0.717, 1.165) is 0 Å². The van der Waals surface area contributed by atoms with Crippen LogP contribution in [0, 0.1) is 0 Å². The molecule has 0 amide bonds. The summed E-state index contributed by atoms with van der Waals surface area (Å²) >= 11 is 1.93. The van der Waals surface area contributed by atoms with Crippen molar-refractivity contribution in [2.75, 3.05) is 0 Å². The van der Waals surface area contributed by atoms with E-state index in [0.29, 0.717) is 0 Å². The van der Waals surface area contributed by atoms with Crippen LogP contribution in [0.5, 0.6) is 0 Å². The Bertz CT molecular complexity index is 2740. The summed E-state index contributed by atoms with van der Waals surface area (Å²) in [7, 11) is 0. The van der Waals surface area contributed by atoms with E-state index in [1.165, 1.54) is 92.2 Å². The maximum absolute atomic E-state index is 2.57. The van der Waals surface area contributed by atoms with Crippen molar-refractivity contribution in [3.05, 3.63) is 186 Å². The quantitative estimate of drug-likeness (QED) is 0.178. The van der Waals surface area contributed by atoms with Gasteiger partial charge in [0.1, 0.15) is 0 Å². The van der Waals surface area contributed by atoms with E-state index in [1.54, 1.807) is 0 Å². The van der Waals surface area contributed by atoms with Crippen LogP contribution in [0.2, 0.25) is 0 Å². The Morgan fingerprint density at radius 2 is 1.00 bits per heavy atom. The lowest BCUT2D eigenvalue weighted by Crippen LogP contribution is -2.32.